The third-order valence-electron chi connectivity index (χ3n) is 5.07. The van der Waals surface area contributed by atoms with Gasteiger partial charge in [-0.2, -0.15) is 4.98 Å². The Hall–Kier alpha value is -2.84. The molecule has 0 fully saturated rings. The number of ether oxygens (including phenoxy) is 1. The number of hydrogen-bond donors (Lipinski definition) is 0. The maximum Gasteiger partial charge on any atom is 0.332 e. The van der Waals surface area contributed by atoms with Gasteiger partial charge < -0.3 is 9.30 Å². The van der Waals surface area contributed by atoms with Gasteiger partial charge in [0.05, 0.1) is 5.69 Å². The molecule has 3 aromatic heterocycles. The lowest BCUT2D eigenvalue weighted by molar-refractivity contribution is 0.142. The van der Waals surface area contributed by atoms with E-state index in [1.165, 1.54) is 11.6 Å². The molecule has 29 heavy (non-hydrogen) atoms. The van der Waals surface area contributed by atoms with Crippen LogP contribution in [0.15, 0.2) is 40.1 Å². The quantitative estimate of drug-likeness (QED) is 0.453. The minimum atomic E-state index is -0.399. The van der Waals surface area contributed by atoms with Gasteiger partial charge in [-0.1, -0.05) is 23.7 Å². The summed E-state index contributed by atoms with van der Waals surface area (Å²) < 4.78 is 11.8. The summed E-state index contributed by atoms with van der Waals surface area (Å²) in [6.45, 7) is 3.91. The fraction of sp³-hybridized carbons (Fsp3) is 0.350. The highest BCUT2D eigenvalue weighted by Gasteiger charge is 2.20. The number of imidazole rings is 2. The molecule has 152 valence electrons. The molecular formula is C20H22ClN5O3. The molecule has 0 aliphatic rings. The highest BCUT2D eigenvalue weighted by atomic mass is 35.5. The fourth-order valence-corrected chi connectivity index (χ4v) is 3.68. The number of rotatable bonds is 6. The summed E-state index contributed by atoms with van der Waals surface area (Å²) in [7, 11) is 3.10. The van der Waals surface area contributed by atoms with Gasteiger partial charge in [-0.25, -0.2) is 4.79 Å². The summed E-state index contributed by atoms with van der Waals surface area (Å²) in [4.78, 5) is 29.8. The van der Waals surface area contributed by atoms with Crippen molar-refractivity contribution in [1.82, 2.24) is 23.1 Å². The molecule has 4 aromatic rings. The maximum atomic E-state index is 12.8. The molecule has 8 nitrogen and oxygen atoms in total. The van der Waals surface area contributed by atoms with E-state index in [0.717, 1.165) is 22.2 Å². The highest BCUT2D eigenvalue weighted by molar-refractivity contribution is 6.30. The first kappa shape index (κ1) is 19.5. The van der Waals surface area contributed by atoms with Gasteiger partial charge in [0, 0.05) is 45.1 Å². The molecule has 0 atom stereocenters. The number of hydrogen-bond acceptors (Lipinski definition) is 4. The van der Waals surface area contributed by atoms with Crippen LogP contribution in [-0.2, 0) is 25.4 Å². The molecule has 0 amide bonds. The molecule has 4 rings (SSSR count). The molecule has 0 aliphatic carbocycles. The Labute approximate surface area is 171 Å². The van der Waals surface area contributed by atoms with Crippen LogP contribution >= 0.6 is 11.6 Å². The van der Waals surface area contributed by atoms with E-state index >= 15 is 0 Å². The van der Waals surface area contributed by atoms with Crippen LogP contribution < -0.4 is 11.2 Å². The monoisotopic (exact) mass is 415 g/mol. The molecule has 0 radical (unpaired) electrons. The summed E-state index contributed by atoms with van der Waals surface area (Å²) in [5.41, 5.74) is 1.86. The lowest BCUT2D eigenvalue weighted by Crippen LogP contribution is -2.37. The van der Waals surface area contributed by atoms with E-state index in [-0.39, 0.29) is 5.56 Å². The van der Waals surface area contributed by atoms with E-state index in [4.69, 9.17) is 16.3 Å². The normalized spacial score (nSPS) is 11.7. The number of fused-ring (bicyclic) bond motifs is 3. The Morgan fingerprint density at radius 3 is 2.52 bits per heavy atom. The molecule has 0 N–H and O–H groups in total. The Morgan fingerprint density at radius 1 is 1.10 bits per heavy atom. The van der Waals surface area contributed by atoms with Gasteiger partial charge in [0.2, 0.25) is 5.78 Å². The zero-order valence-electron chi connectivity index (χ0n) is 16.6. The van der Waals surface area contributed by atoms with E-state index in [0.29, 0.717) is 41.7 Å². The second-order valence-corrected chi connectivity index (χ2v) is 7.32. The molecule has 0 spiro atoms. The van der Waals surface area contributed by atoms with Gasteiger partial charge in [0.25, 0.3) is 5.56 Å². The summed E-state index contributed by atoms with van der Waals surface area (Å²) in [6.07, 6.45) is 2.68. The first-order valence-corrected chi connectivity index (χ1v) is 9.82. The SMILES string of the molecule is CCOCCCn1c(-c2ccc(Cl)cc2)cn2c3c(=O)n(C)c(=O)n(C)c3nc12. The number of benzene rings is 1. The third-order valence-corrected chi connectivity index (χ3v) is 5.32. The average molecular weight is 416 g/mol. The molecule has 0 saturated heterocycles. The summed E-state index contributed by atoms with van der Waals surface area (Å²) in [5.74, 6) is 0.611. The van der Waals surface area contributed by atoms with Gasteiger partial charge in [0.1, 0.15) is 0 Å². The van der Waals surface area contributed by atoms with Gasteiger partial charge in [0.15, 0.2) is 11.2 Å². The van der Waals surface area contributed by atoms with Gasteiger partial charge >= 0.3 is 5.69 Å². The van der Waals surface area contributed by atoms with Crippen LogP contribution in [0.4, 0.5) is 0 Å². The molecule has 1 aromatic carbocycles. The van der Waals surface area contributed by atoms with Crippen LogP contribution in [0.3, 0.4) is 0 Å². The Morgan fingerprint density at radius 2 is 1.83 bits per heavy atom. The minimum Gasteiger partial charge on any atom is -0.382 e. The van der Waals surface area contributed by atoms with E-state index < -0.39 is 5.69 Å². The molecular weight excluding hydrogens is 394 g/mol. The van der Waals surface area contributed by atoms with E-state index in [2.05, 4.69) is 4.98 Å². The van der Waals surface area contributed by atoms with Crippen molar-refractivity contribution in [1.29, 1.82) is 0 Å². The van der Waals surface area contributed by atoms with Crippen LogP contribution in [0.2, 0.25) is 5.02 Å². The topological polar surface area (TPSA) is 75.5 Å². The predicted octanol–water partition coefficient (Wildman–Crippen LogP) is 2.43. The van der Waals surface area contributed by atoms with Crippen LogP contribution in [0, 0.1) is 0 Å². The second-order valence-electron chi connectivity index (χ2n) is 6.88. The van der Waals surface area contributed by atoms with Crippen LogP contribution in [0.5, 0.6) is 0 Å². The molecule has 3 heterocycles. The zero-order valence-corrected chi connectivity index (χ0v) is 17.3. The molecule has 0 unspecified atom stereocenters. The standard InChI is InChI=1S/C20H22ClN5O3/c1-4-29-11-5-10-25-15(13-6-8-14(21)9-7-13)12-26-16-17(22-19(25)26)23(2)20(28)24(3)18(16)27/h6-9,12H,4-5,10-11H2,1-3H3. The van der Waals surface area contributed by atoms with E-state index in [9.17, 15) is 9.59 Å². The van der Waals surface area contributed by atoms with Crippen molar-refractivity contribution in [2.24, 2.45) is 14.1 Å². The van der Waals surface area contributed by atoms with Crippen molar-refractivity contribution < 1.29 is 4.74 Å². The van der Waals surface area contributed by atoms with Crippen LogP contribution in [0.1, 0.15) is 13.3 Å². The van der Waals surface area contributed by atoms with Gasteiger partial charge in [-0.05, 0) is 31.0 Å². The van der Waals surface area contributed by atoms with Crippen molar-refractivity contribution in [3.05, 3.63) is 56.3 Å². The third kappa shape index (κ3) is 3.18. The van der Waals surface area contributed by atoms with Crippen molar-refractivity contribution in [3.63, 3.8) is 0 Å². The van der Waals surface area contributed by atoms with Crippen LogP contribution in [-0.4, -0.2) is 36.3 Å². The first-order valence-electron chi connectivity index (χ1n) is 9.45. The molecule has 0 saturated carbocycles. The van der Waals surface area contributed by atoms with Crippen molar-refractivity contribution >= 4 is 28.5 Å². The largest absolute Gasteiger partial charge is 0.382 e. The summed E-state index contributed by atoms with van der Waals surface area (Å²) >= 11 is 6.05. The number of aryl methyl sites for hydroxylation is 2. The van der Waals surface area contributed by atoms with Crippen molar-refractivity contribution in [2.45, 2.75) is 19.9 Å². The Kier molecular flexibility index (Phi) is 5.06. The van der Waals surface area contributed by atoms with Gasteiger partial charge in [-0.3, -0.25) is 18.3 Å². The molecule has 0 bridgehead atoms. The molecule has 0 aliphatic heterocycles. The highest BCUT2D eigenvalue weighted by Crippen LogP contribution is 2.26. The summed E-state index contributed by atoms with van der Waals surface area (Å²) in [5, 5.41) is 0.655. The maximum absolute atomic E-state index is 12.8. The number of halogens is 1. The smallest absolute Gasteiger partial charge is 0.332 e. The van der Waals surface area contributed by atoms with E-state index in [1.807, 2.05) is 42.0 Å². The van der Waals surface area contributed by atoms with Gasteiger partial charge in [-0.15, -0.1) is 0 Å². The predicted molar refractivity (Wildman–Crippen MR) is 113 cm³/mol. The Bertz CT molecular complexity index is 1310. The first-order chi connectivity index (χ1) is 13.9. The fourth-order valence-electron chi connectivity index (χ4n) is 3.56. The zero-order chi connectivity index (χ0) is 20.7. The van der Waals surface area contributed by atoms with Crippen LogP contribution in [0.25, 0.3) is 28.2 Å². The number of aromatic nitrogens is 5. The number of nitrogens with zero attached hydrogens (tertiary/aromatic N) is 5. The second kappa shape index (κ2) is 7.53. The summed E-state index contributed by atoms with van der Waals surface area (Å²) in [6, 6.07) is 7.54. The van der Waals surface area contributed by atoms with Crippen molar-refractivity contribution in [3.8, 4) is 11.3 Å². The lowest BCUT2D eigenvalue weighted by atomic mass is 10.1. The molecule has 9 heteroatoms. The average Bonchev–Trinajstić information content (AvgIpc) is 3.25. The van der Waals surface area contributed by atoms with Crippen molar-refractivity contribution in [2.75, 3.05) is 13.2 Å². The lowest BCUT2D eigenvalue weighted by Gasteiger charge is -2.09. The Balaban J connectivity index is 1.98. The van der Waals surface area contributed by atoms with E-state index in [1.54, 1.807) is 11.4 Å². The minimum absolute atomic E-state index is 0.370.